The molecule has 1 aromatic carbocycles. The maximum absolute atomic E-state index is 12.0. The molecule has 102 valence electrons. The number of benzene rings is 1. The number of rotatable bonds is 2. The molecule has 0 saturated heterocycles. The Hall–Kier alpha value is -2.58. The summed E-state index contributed by atoms with van der Waals surface area (Å²) in [6, 6.07) is 5.50. The quantitative estimate of drug-likeness (QED) is 0.808. The molecule has 0 unspecified atom stereocenters. The predicted molar refractivity (Wildman–Crippen MR) is 76.3 cm³/mol. The number of hydrogen-bond donors (Lipinski definition) is 2. The van der Waals surface area contributed by atoms with E-state index in [2.05, 4.69) is 22.1 Å². The smallest absolute Gasteiger partial charge is 0.275 e. The highest BCUT2D eigenvalue weighted by Gasteiger charge is 2.09. The molecule has 5 heteroatoms. The highest BCUT2D eigenvalue weighted by atomic mass is 16.2. The fraction of sp³-hybridized carbons (Fsp3) is 0.200. The third-order valence-corrected chi connectivity index (χ3v) is 2.58. The number of hydrogen-bond acceptors (Lipinski definition) is 3. The number of anilines is 1. The zero-order valence-electron chi connectivity index (χ0n) is 11.3. The molecule has 1 amide bonds. The fourth-order valence-electron chi connectivity index (χ4n) is 1.79. The number of aliphatic hydroxyl groups is 1. The van der Waals surface area contributed by atoms with Crippen LogP contribution in [0.4, 0.5) is 5.69 Å². The molecule has 0 fully saturated rings. The van der Waals surface area contributed by atoms with Crippen LogP contribution >= 0.6 is 0 Å². The lowest BCUT2D eigenvalue weighted by Gasteiger charge is -2.05. The predicted octanol–water partition coefficient (Wildman–Crippen LogP) is 1.32. The first kappa shape index (κ1) is 13.8. The molecule has 2 N–H and O–H groups in total. The Morgan fingerprint density at radius 1 is 1.45 bits per heavy atom. The van der Waals surface area contributed by atoms with Crippen LogP contribution < -0.4 is 5.32 Å². The molecule has 1 heterocycles. The van der Waals surface area contributed by atoms with Gasteiger partial charge in [-0.1, -0.05) is 11.8 Å². The van der Waals surface area contributed by atoms with E-state index in [1.54, 1.807) is 30.2 Å². The van der Waals surface area contributed by atoms with E-state index in [4.69, 9.17) is 5.11 Å². The molecule has 0 saturated carbocycles. The second-order valence-electron chi connectivity index (χ2n) is 4.43. The number of nitrogens with one attached hydrogen (secondary N) is 1. The summed E-state index contributed by atoms with van der Waals surface area (Å²) >= 11 is 0. The summed E-state index contributed by atoms with van der Waals surface area (Å²) in [5.74, 6) is 5.14. The standard InChI is InChI=1S/C15H15N3O2/c1-11-6-12(4-3-5-19)8-13(7-11)17-15(20)14-9-18(2)10-16-14/h6-10,19H,5H2,1-2H3,(H,17,20). The summed E-state index contributed by atoms with van der Waals surface area (Å²) in [6.45, 7) is 1.73. The van der Waals surface area contributed by atoms with Crippen molar-refractivity contribution >= 4 is 11.6 Å². The number of aliphatic hydroxyl groups excluding tert-OH is 1. The summed E-state index contributed by atoms with van der Waals surface area (Å²) in [4.78, 5) is 16.0. The lowest BCUT2D eigenvalue weighted by Crippen LogP contribution is -2.12. The van der Waals surface area contributed by atoms with E-state index in [0.717, 1.165) is 11.1 Å². The van der Waals surface area contributed by atoms with Crippen LogP contribution in [-0.4, -0.2) is 27.2 Å². The largest absolute Gasteiger partial charge is 0.384 e. The summed E-state index contributed by atoms with van der Waals surface area (Å²) < 4.78 is 1.71. The molecule has 0 bridgehead atoms. The highest BCUT2D eigenvalue weighted by molar-refractivity contribution is 6.02. The second kappa shape index (κ2) is 6.04. The van der Waals surface area contributed by atoms with E-state index in [9.17, 15) is 4.79 Å². The number of nitrogens with zero attached hydrogens (tertiary/aromatic N) is 2. The van der Waals surface area contributed by atoms with Crippen LogP contribution in [0.15, 0.2) is 30.7 Å². The Bertz CT molecular complexity index is 693. The van der Waals surface area contributed by atoms with E-state index in [-0.39, 0.29) is 12.5 Å². The van der Waals surface area contributed by atoms with E-state index < -0.39 is 0 Å². The molecule has 0 aliphatic rings. The third kappa shape index (κ3) is 3.46. The summed E-state index contributed by atoms with van der Waals surface area (Å²) in [5.41, 5.74) is 2.74. The van der Waals surface area contributed by atoms with Crippen molar-refractivity contribution in [3.05, 3.63) is 47.5 Å². The van der Waals surface area contributed by atoms with Crippen molar-refractivity contribution in [3.8, 4) is 11.8 Å². The lowest BCUT2D eigenvalue weighted by molar-refractivity contribution is 0.102. The average molecular weight is 269 g/mol. The van der Waals surface area contributed by atoms with Gasteiger partial charge in [0.05, 0.1) is 6.33 Å². The van der Waals surface area contributed by atoms with Crippen LogP contribution in [0.25, 0.3) is 0 Å². The second-order valence-corrected chi connectivity index (χ2v) is 4.43. The van der Waals surface area contributed by atoms with Gasteiger partial charge in [0, 0.05) is 24.5 Å². The molecule has 2 aromatic rings. The molecule has 20 heavy (non-hydrogen) atoms. The highest BCUT2D eigenvalue weighted by Crippen LogP contribution is 2.14. The molecule has 0 atom stereocenters. The van der Waals surface area contributed by atoms with E-state index in [1.165, 1.54) is 0 Å². The molecule has 0 aliphatic carbocycles. The Kier molecular flexibility index (Phi) is 4.18. The van der Waals surface area contributed by atoms with Gasteiger partial charge in [0.1, 0.15) is 12.3 Å². The topological polar surface area (TPSA) is 67.2 Å². The van der Waals surface area contributed by atoms with Gasteiger partial charge in [0.15, 0.2) is 0 Å². The third-order valence-electron chi connectivity index (χ3n) is 2.58. The number of carbonyl (C=O) groups is 1. The van der Waals surface area contributed by atoms with E-state index in [0.29, 0.717) is 11.4 Å². The Morgan fingerprint density at radius 3 is 2.90 bits per heavy atom. The molecule has 5 nitrogen and oxygen atoms in total. The van der Waals surface area contributed by atoms with Gasteiger partial charge in [-0.05, 0) is 30.7 Å². The average Bonchev–Trinajstić information content (AvgIpc) is 2.82. The van der Waals surface area contributed by atoms with Gasteiger partial charge in [0.2, 0.25) is 0 Å². The summed E-state index contributed by atoms with van der Waals surface area (Å²) in [7, 11) is 1.80. The van der Waals surface area contributed by atoms with E-state index >= 15 is 0 Å². The van der Waals surface area contributed by atoms with Crippen LogP contribution in [0, 0.1) is 18.8 Å². The molecule has 0 aliphatic heterocycles. The van der Waals surface area contributed by atoms with Crippen molar-refractivity contribution in [2.75, 3.05) is 11.9 Å². The first-order valence-corrected chi connectivity index (χ1v) is 6.09. The summed E-state index contributed by atoms with van der Waals surface area (Å²) in [6.07, 6.45) is 3.22. The van der Waals surface area contributed by atoms with Crippen LogP contribution in [0.1, 0.15) is 21.6 Å². The van der Waals surface area contributed by atoms with Gasteiger partial charge in [0.25, 0.3) is 5.91 Å². The van der Waals surface area contributed by atoms with Gasteiger partial charge in [-0.15, -0.1) is 0 Å². The number of amides is 1. The minimum absolute atomic E-state index is 0.191. The molecule has 2 rings (SSSR count). The van der Waals surface area contributed by atoms with Crippen molar-refractivity contribution < 1.29 is 9.90 Å². The molecule has 0 radical (unpaired) electrons. The number of imidazole rings is 1. The number of aryl methyl sites for hydroxylation is 2. The van der Waals surface area contributed by atoms with Crippen LogP contribution in [-0.2, 0) is 7.05 Å². The van der Waals surface area contributed by atoms with Crippen molar-refractivity contribution in [1.29, 1.82) is 0 Å². The van der Waals surface area contributed by atoms with Crippen molar-refractivity contribution in [3.63, 3.8) is 0 Å². The first-order valence-electron chi connectivity index (χ1n) is 6.09. The fourth-order valence-corrected chi connectivity index (χ4v) is 1.79. The Balaban J connectivity index is 2.20. The maximum atomic E-state index is 12.0. The Labute approximate surface area is 117 Å². The molecular formula is C15H15N3O2. The maximum Gasteiger partial charge on any atom is 0.275 e. The van der Waals surface area contributed by atoms with Gasteiger partial charge >= 0.3 is 0 Å². The number of aromatic nitrogens is 2. The minimum atomic E-state index is -0.266. The van der Waals surface area contributed by atoms with Gasteiger partial charge in [-0.25, -0.2) is 4.98 Å². The van der Waals surface area contributed by atoms with Crippen molar-refractivity contribution in [1.82, 2.24) is 9.55 Å². The number of carbonyl (C=O) groups excluding carboxylic acids is 1. The summed E-state index contributed by atoms with van der Waals surface area (Å²) in [5, 5.41) is 11.5. The Morgan fingerprint density at radius 2 is 2.25 bits per heavy atom. The molecule has 1 aromatic heterocycles. The monoisotopic (exact) mass is 269 g/mol. The minimum Gasteiger partial charge on any atom is -0.384 e. The zero-order chi connectivity index (χ0) is 14.5. The first-order chi connectivity index (χ1) is 9.58. The normalized spacial score (nSPS) is 9.75. The van der Waals surface area contributed by atoms with Crippen LogP contribution in [0.2, 0.25) is 0 Å². The molecular weight excluding hydrogens is 254 g/mol. The zero-order valence-corrected chi connectivity index (χ0v) is 11.3. The van der Waals surface area contributed by atoms with Crippen LogP contribution in [0.5, 0.6) is 0 Å². The SMILES string of the molecule is Cc1cc(C#CCO)cc(NC(=O)c2cn(C)cn2)c1. The van der Waals surface area contributed by atoms with Crippen molar-refractivity contribution in [2.24, 2.45) is 7.05 Å². The van der Waals surface area contributed by atoms with Crippen molar-refractivity contribution in [2.45, 2.75) is 6.92 Å². The van der Waals surface area contributed by atoms with Gasteiger partial charge < -0.3 is 15.0 Å². The molecule has 0 spiro atoms. The van der Waals surface area contributed by atoms with Gasteiger partial charge in [-0.2, -0.15) is 0 Å². The van der Waals surface area contributed by atoms with Gasteiger partial charge in [-0.3, -0.25) is 4.79 Å². The van der Waals surface area contributed by atoms with Crippen LogP contribution in [0.3, 0.4) is 0 Å². The lowest BCUT2D eigenvalue weighted by atomic mass is 10.1. The van der Waals surface area contributed by atoms with E-state index in [1.807, 2.05) is 19.1 Å².